The normalized spacial score (nSPS) is 12.1. The van der Waals surface area contributed by atoms with Gasteiger partial charge in [0.2, 0.25) is 5.91 Å². The van der Waals surface area contributed by atoms with Gasteiger partial charge < -0.3 is 14.1 Å². The van der Waals surface area contributed by atoms with Crippen LogP contribution in [-0.4, -0.2) is 29.0 Å². The molecule has 0 aliphatic rings. The van der Waals surface area contributed by atoms with Gasteiger partial charge in [-0.3, -0.25) is 9.36 Å². The van der Waals surface area contributed by atoms with Crippen LogP contribution in [0.1, 0.15) is 31.9 Å². The third-order valence-electron chi connectivity index (χ3n) is 4.83. The molecule has 0 aliphatic heterocycles. The number of amides is 1. The molecule has 0 radical (unpaired) electrons. The van der Waals surface area contributed by atoms with Gasteiger partial charge in [-0.1, -0.05) is 24.3 Å². The standard InChI is InChI=1S/C21H24N2O4/c1-4-22(15(2)16-8-7-9-17(14-16)26-3)20(24)12-13-23-18-10-5-6-11-19(18)27-21(23)25/h5-11,14-15H,4,12-13H2,1-3H3. The Bertz CT molecular complexity index is 989. The van der Waals surface area contributed by atoms with Crippen LogP contribution in [0.3, 0.4) is 0 Å². The number of aromatic nitrogens is 1. The van der Waals surface area contributed by atoms with E-state index in [4.69, 9.17) is 9.15 Å². The van der Waals surface area contributed by atoms with Crippen molar-refractivity contribution < 1.29 is 13.9 Å². The second kappa shape index (κ2) is 8.12. The molecule has 0 bridgehead atoms. The lowest BCUT2D eigenvalue weighted by Gasteiger charge is -2.28. The van der Waals surface area contributed by atoms with E-state index in [0.717, 1.165) is 11.3 Å². The van der Waals surface area contributed by atoms with Crippen LogP contribution in [-0.2, 0) is 11.3 Å². The topological polar surface area (TPSA) is 64.7 Å². The molecule has 1 unspecified atom stereocenters. The summed E-state index contributed by atoms with van der Waals surface area (Å²) in [5.74, 6) is 0.317. The van der Waals surface area contributed by atoms with Crippen molar-refractivity contribution in [1.82, 2.24) is 9.47 Å². The molecule has 1 aromatic heterocycles. The zero-order valence-electron chi connectivity index (χ0n) is 15.8. The number of oxazole rings is 1. The Labute approximate surface area is 158 Å². The number of ether oxygens (including phenoxy) is 1. The number of carbonyl (C=O) groups is 1. The minimum Gasteiger partial charge on any atom is -0.497 e. The molecule has 0 spiro atoms. The van der Waals surface area contributed by atoms with Crippen molar-refractivity contribution in [3.63, 3.8) is 0 Å². The van der Waals surface area contributed by atoms with Crippen molar-refractivity contribution in [3.8, 4) is 5.75 Å². The van der Waals surface area contributed by atoms with Gasteiger partial charge >= 0.3 is 5.76 Å². The molecule has 0 N–H and O–H groups in total. The van der Waals surface area contributed by atoms with Gasteiger partial charge in [-0.15, -0.1) is 0 Å². The summed E-state index contributed by atoms with van der Waals surface area (Å²) in [5, 5.41) is 0. The maximum absolute atomic E-state index is 12.8. The molecule has 0 saturated heterocycles. The highest BCUT2D eigenvalue weighted by Crippen LogP contribution is 2.24. The first-order chi connectivity index (χ1) is 13.0. The van der Waals surface area contributed by atoms with Crippen LogP contribution in [0.4, 0.5) is 0 Å². The van der Waals surface area contributed by atoms with E-state index in [2.05, 4.69) is 0 Å². The Hall–Kier alpha value is -3.02. The average Bonchev–Trinajstić information content (AvgIpc) is 3.01. The van der Waals surface area contributed by atoms with Crippen molar-refractivity contribution in [2.24, 2.45) is 0 Å². The molecule has 3 rings (SSSR count). The molecular weight excluding hydrogens is 344 g/mol. The first-order valence-electron chi connectivity index (χ1n) is 9.07. The fourth-order valence-corrected chi connectivity index (χ4v) is 3.32. The monoisotopic (exact) mass is 368 g/mol. The quantitative estimate of drug-likeness (QED) is 0.639. The summed E-state index contributed by atoms with van der Waals surface area (Å²) in [4.78, 5) is 26.7. The van der Waals surface area contributed by atoms with Crippen LogP contribution in [0, 0.1) is 0 Å². The number of hydrogen-bond donors (Lipinski definition) is 0. The number of para-hydroxylation sites is 2. The second-order valence-corrected chi connectivity index (χ2v) is 6.37. The lowest BCUT2D eigenvalue weighted by Crippen LogP contribution is -2.34. The minimum atomic E-state index is -0.437. The molecule has 6 heteroatoms. The summed E-state index contributed by atoms with van der Waals surface area (Å²) in [6.07, 6.45) is 0.228. The molecule has 142 valence electrons. The summed E-state index contributed by atoms with van der Waals surface area (Å²) in [6.45, 7) is 4.82. The van der Waals surface area contributed by atoms with E-state index >= 15 is 0 Å². The number of methoxy groups -OCH3 is 1. The van der Waals surface area contributed by atoms with E-state index < -0.39 is 5.76 Å². The first-order valence-corrected chi connectivity index (χ1v) is 9.07. The number of hydrogen-bond acceptors (Lipinski definition) is 4. The summed E-state index contributed by atoms with van der Waals surface area (Å²) in [7, 11) is 1.62. The zero-order chi connectivity index (χ0) is 19.4. The van der Waals surface area contributed by atoms with E-state index in [1.54, 1.807) is 13.2 Å². The van der Waals surface area contributed by atoms with E-state index in [1.807, 2.05) is 61.2 Å². The van der Waals surface area contributed by atoms with E-state index in [9.17, 15) is 9.59 Å². The first kappa shape index (κ1) is 18.8. The highest BCUT2D eigenvalue weighted by Gasteiger charge is 2.21. The van der Waals surface area contributed by atoms with Gasteiger partial charge in [0.25, 0.3) is 0 Å². The number of aryl methyl sites for hydroxylation is 1. The van der Waals surface area contributed by atoms with Crippen LogP contribution in [0.2, 0.25) is 0 Å². The predicted octanol–water partition coefficient (Wildman–Crippen LogP) is 3.60. The lowest BCUT2D eigenvalue weighted by molar-refractivity contribution is -0.133. The maximum atomic E-state index is 12.8. The molecule has 2 aromatic carbocycles. The van der Waals surface area contributed by atoms with Gasteiger partial charge in [-0.2, -0.15) is 0 Å². The molecule has 0 fully saturated rings. The van der Waals surface area contributed by atoms with E-state index in [1.165, 1.54) is 4.57 Å². The minimum absolute atomic E-state index is 0.00926. The van der Waals surface area contributed by atoms with Crippen molar-refractivity contribution in [2.75, 3.05) is 13.7 Å². The largest absolute Gasteiger partial charge is 0.497 e. The number of carbonyl (C=O) groups excluding carboxylic acids is 1. The Morgan fingerprint density at radius 2 is 2.00 bits per heavy atom. The molecule has 1 amide bonds. The molecule has 0 saturated carbocycles. The summed E-state index contributed by atoms with van der Waals surface area (Å²) in [6, 6.07) is 14.9. The summed E-state index contributed by atoms with van der Waals surface area (Å²) in [5.41, 5.74) is 2.25. The third kappa shape index (κ3) is 3.89. The van der Waals surface area contributed by atoms with E-state index in [0.29, 0.717) is 17.6 Å². The van der Waals surface area contributed by atoms with Crippen LogP contribution >= 0.6 is 0 Å². The second-order valence-electron chi connectivity index (χ2n) is 6.37. The van der Waals surface area contributed by atoms with Gasteiger partial charge in [0.15, 0.2) is 5.58 Å². The number of rotatable bonds is 7. The molecule has 1 heterocycles. The lowest BCUT2D eigenvalue weighted by atomic mass is 10.1. The number of benzene rings is 2. The highest BCUT2D eigenvalue weighted by atomic mass is 16.5. The maximum Gasteiger partial charge on any atom is 0.419 e. The SMILES string of the molecule is CCN(C(=O)CCn1c(=O)oc2ccccc21)C(C)c1cccc(OC)c1. The molecule has 6 nitrogen and oxygen atoms in total. The van der Waals surface area contributed by atoms with Crippen molar-refractivity contribution in [3.05, 3.63) is 64.6 Å². The third-order valence-corrected chi connectivity index (χ3v) is 4.83. The van der Waals surface area contributed by atoms with Gasteiger partial charge in [-0.05, 0) is 43.7 Å². The smallest absolute Gasteiger partial charge is 0.419 e. The molecular formula is C21H24N2O4. The van der Waals surface area contributed by atoms with Gasteiger partial charge in [0.1, 0.15) is 5.75 Å². The van der Waals surface area contributed by atoms with Crippen molar-refractivity contribution in [1.29, 1.82) is 0 Å². The Morgan fingerprint density at radius 3 is 2.74 bits per heavy atom. The van der Waals surface area contributed by atoms with Crippen LogP contribution < -0.4 is 10.5 Å². The molecule has 1 atom stereocenters. The Morgan fingerprint density at radius 1 is 1.22 bits per heavy atom. The van der Waals surface area contributed by atoms with Crippen LogP contribution in [0.5, 0.6) is 5.75 Å². The highest BCUT2D eigenvalue weighted by molar-refractivity contribution is 5.77. The van der Waals surface area contributed by atoms with Crippen molar-refractivity contribution >= 4 is 17.0 Å². The summed E-state index contributed by atoms with van der Waals surface area (Å²) >= 11 is 0. The fraction of sp³-hybridized carbons (Fsp3) is 0.333. The van der Waals surface area contributed by atoms with Gasteiger partial charge in [-0.25, -0.2) is 4.79 Å². The molecule has 3 aromatic rings. The number of fused-ring (bicyclic) bond motifs is 1. The average molecular weight is 368 g/mol. The van der Waals surface area contributed by atoms with Gasteiger partial charge in [0.05, 0.1) is 18.7 Å². The van der Waals surface area contributed by atoms with E-state index in [-0.39, 0.29) is 24.9 Å². The molecule has 0 aliphatic carbocycles. The number of nitrogens with zero attached hydrogens (tertiary/aromatic N) is 2. The fourth-order valence-electron chi connectivity index (χ4n) is 3.32. The Balaban J connectivity index is 1.75. The Kier molecular flexibility index (Phi) is 5.64. The van der Waals surface area contributed by atoms with Crippen LogP contribution in [0.15, 0.2) is 57.7 Å². The van der Waals surface area contributed by atoms with Gasteiger partial charge in [0, 0.05) is 19.5 Å². The molecule has 27 heavy (non-hydrogen) atoms. The predicted molar refractivity (Wildman–Crippen MR) is 104 cm³/mol. The van der Waals surface area contributed by atoms with Crippen LogP contribution in [0.25, 0.3) is 11.1 Å². The summed E-state index contributed by atoms with van der Waals surface area (Å²) < 4.78 is 12.0. The zero-order valence-corrected chi connectivity index (χ0v) is 15.8. The van der Waals surface area contributed by atoms with Crippen molar-refractivity contribution in [2.45, 2.75) is 32.9 Å².